The van der Waals surface area contributed by atoms with Gasteiger partial charge in [-0.15, -0.1) is 11.6 Å². The topological polar surface area (TPSA) is 49.8 Å². The number of nitrogens with zero attached hydrogens (tertiary/aromatic N) is 1. The van der Waals surface area contributed by atoms with E-state index < -0.39 is 5.97 Å². The van der Waals surface area contributed by atoms with E-state index in [0.29, 0.717) is 6.61 Å². The first kappa shape index (κ1) is 20.0. The minimum atomic E-state index is -0.799. The maximum Gasteiger partial charge on any atom is 0.317 e. The summed E-state index contributed by atoms with van der Waals surface area (Å²) in [4.78, 5) is 12.4. The molecule has 0 radical (unpaired) electrons. The zero-order chi connectivity index (χ0) is 17.8. The Labute approximate surface area is 148 Å². The van der Waals surface area contributed by atoms with E-state index in [9.17, 15) is 4.79 Å². The van der Waals surface area contributed by atoms with E-state index in [4.69, 9.17) is 9.84 Å². The molecule has 0 aliphatic heterocycles. The van der Waals surface area contributed by atoms with Crippen molar-refractivity contribution < 1.29 is 14.6 Å². The van der Waals surface area contributed by atoms with Gasteiger partial charge in [0.25, 0.3) is 0 Å². The molecule has 0 aliphatic carbocycles. The van der Waals surface area contributed by atoms with Crippen LogP contribution in [0.15, 0.2) is 54.6 Å². The average molecular weight is 350 g/mol. The highest BCUT2D eigenvalue weighted by Crippen LogP contribution is 2.14. The number of hydrogen-bond donors (Lipinski definition) is 1. The Morgan fingerprint density at radius 2 is 1.67 bits per heavy atom. The summed E-state index contributed by atoms with van der Waals surface area (Å²) in [5, 5.41) is 8.71. The van der Waals surface area contributed by atoms with Gasteiger partial charge in [-0.3, -0.25) is 9.69 Å². The molecule has 0 saturated heterocycles. The SMILES string of the molecule is CCl.CN(CCc1ccc(OCc2ccccc2)cc1)CC(=O)O. The van der Waals surface area contributed by atoms with Gasteiger partial charge in [-0.25, -0.2) is 0 Å². The number of carboxylic acids is 1. The number of alkyl halides is 1. The summed E-state index contributed by atoms with van der Waals surface area (Å²) in [6.07, 6.45) is 2.29. The lowest BCUT2D eigenvalue weighted by molar-refractivity contribution is -0.137. The van der Waals surface area contributed by atoms with Crippen molar-refractivity contribution in [1.29, 1.82) is 0 Å². The summed E-state index contributed by atoms with van der Waals surface area (Å²) in [6, 6.07) is 18.0. The summed E-state index contributed by atoms with van der Waals surface area (Å²) in [7, 11) is 1.81. The van der Waals surface area contributed by atoms with Crippen molar-refractivity contribution in [3.05, 3.63) is 65.7 Å². The summed E-state index contributed by atoms with van der Waals surface area (Å²) >= 11 is 4.64. The highest BCUT2D eigenvalue weighted by Gasteiger charge is 2.04. The van der Waals surface area contributed by atoms with Crippen molar-refractivity contribution >= 4 is 17.6 Å². The molecular formula is C19H24ClNO3. The fourth-order valence-electron chi connectivity index (χ4n) is 2.12. The van der Waals surface area contributed by atoms with Crippen LogP contribution in [-0.4, -0.2) is 42.5 Å². The Kier molecular flexibility index (Phi) is 9.58. The second-order valence-electron chi connectivity index (χ2n) is 5.30. The molecule has 130 valence electrons. The average Bonchev–Trinajstić information content (AvgIpc) is 2.61. The highest BCUT2D eigenvalue weighted by molar-refractivity contribution is 6.15. The number of halogens is 1. The third kappa shape index (κ3) is 7.99. The molecule has 5 heteroatoms. The van der Waals surface area contributed by atoms with Crippen molar-refractivity contribution in [3.63, 3.8) is 0 Å². The molecular weight excluding hydrogens is 326 g/mol. The largest absolute Gasteiger partial charge is 0.489 e. The molecule has 0 aromatic heterocycles. The van der Waals surface area contributed by atoms with Crippen LogP contribution in [0.1, 0.15) is 11.1 Å². The van der Waals surface area contributed by atoms with Gasteiger partial charge in [-0.2, -0.15) is 0 Å². The molecule has 0 fully saturated rings. The van der Waals surface area contributed by atoms with Gasteiger partial charge in [0.1, 0.15) is 12.4 Å². The molecule has 0 saturated carbocycles. The maximum atomic E-state index is 10.6. The van der Waals surface area contributed by atoms with Crippen LogP contribution in [-0.2, 0) is 17.8 Å². The lowest BCUT2D eigenvalue weighted by atomic mass is 10.1. The lowest BCUT2D eigenvalue weighted by Crippen LogP contribution is -2.27. The third-order valence-corrected chi connectivity index (χ3v) is 3.36. The second-order valence-corrected chi connectivity index (χ2v) is 5.30. The van der Waals surface area contributed by atoms with E-state index in [0.717, 1.165) is 24.3 Å². The van der Waals surface area contributed by atoms with Crippen molar-refractivity contribution in [2.75, 3.05) is 26.5 Å². The Morgan fingerprint density at radius 1 is 1.04 bits per heavy atom. The number of ether oxygens (including phenoxy) is 1. The molecule has 2 aromatic carbocycles. The number of benzene rings is 2. The molecule has 2 aromatic rings. The van der Waals surface area contributed by atoms with E-state index in [-0.39, 0.29) is 6.54 Å². The van der Waals surface area contributed by atoms with E-state index in [1.54, 1.807) is 4.90 Å². The smallest absolute Gasteiger partial charge is 0.317 e. The summed E-state index contributed by atoms with van der Waals surface area (Å²) in [5.74, 6) is 0.0404. The quantitative estimate of drug-likeness (QED) is 0.738. The zero-order valence-electron chi connectivity index (χ0n) is 14.1. The number of carbonyl (C=O) groups is 1. The highest BCUT2D eigenvalue weighted by atomic mass is 35.5. The van der Waals surface area contributed by atoms with E-state index >= 15 is 0 Å². The van der Waals surface area contributed by atoms with E-state index in [2.05, 4.69) is 11.6 Å². The summed E-state index contributed by atoms with van der Waals surface area (Å²) < 4.78 is 5.74. The van der Waals surface area contributed by atoms with E-state index in [1.165, 1.54) is 11.9 Å². The second kappa shape index (κ2) is 11.5. The van der Waals surface area contributed by atoms with Gasteiger partial charge in [-0.05, 0) is 36.7 Å². The van der Waals surface area contributed by atoms with Crippen molar-refractivity contribution in [1.82, 2.24) is 4.90 Å². The Morgan fingerprint density at radius 3 is 2.25 bits per heavy atom. The normalized spacial score (nSPS) is 10.0. The first-order chi connectivity index (χ1) is 11.6. The predicted molar refractivity (Wildman–Crippen MR) is 97.8 cm³/mol. The minimum absolute atomic E-state index is 0.0677. The number of rotatable bonds is 8. The van der Waals surface area contributed by atoms with Crippen LogP contribution in [0, 0.1) is 0 Å². The van der Waals surface area contributed by atoms with Crippen LogP contribution in [0.25, 0.3) is 0 Å². The summed E-state index contributed by atoms with van der Waals surface area (Å²) in [5.41, 5.74) is 2.31. The minimum Gasteiger partial charge on any atom is -0.489 e. The molecule has 0 amide bonds. The predicted octanol–water partition coefficient (Wildman–Crippen LogP) is 3.68. The number of carboxylic acid groups (broad SMARTS) is 1. The molecule has 0 aliphatic rings. The Hall–Kier alpha value is -2.04. The monoisotopic (exact) mass is 349 g/mol. The standard InChI is InChI=1S/C18H21NO3.CH3Cl/c1-19(13-18(20)21)12-11-15-7-9-17(10-8-15)22-14-16-5-3-2-4-6-16;1-2/h2-10H,11-14H2,1H3,(H,20,21);1H3. The van der Waals surface area contributed by atoms with Crippen molar-refractivity contribution in [2.45, 2.75) is 13.0 Å². The molecule has 2 rings (SSSR count). The molecule has 1 N–H and O–H groups in total. The van der Waals surface area contributed by atoms with Crippen LogP contribution < -0.4 is 4.74 Å². The van der Waals surface area contributed by atoms with Gasteiger partial charge in [0.05, 0.1) is 6.54 Å². The third-order valence-electron chi connectivity index (χ3n) is 3.36. The molecule has 0 bridgehead atoms. The Bertz CT molecular complexity index is 587. The van der Waals surface area contributed by atoms with Crippen LogP contribution in [0.3, 0.4) is 0 Å². The van der Waals surface area contributed by atoms with Gasteiger partial charge < -0.3 is 9.84 Å². The lowest BCUT2D eigenvalue weighted by Gasteiger charge is -2.13. The first-order valence-electron chi connectivity index (χ1n) is 7.67. The number of likely N-dealkylation sites (N-methyl/N-ethyl adjacent to an activating group) is 1. The fraction of sp³-hybridized carbons (Fsp3) is 0.316. The molecule has 0 atom stereocenters. The molecule has 4 nitrogen and oxygen atoms in total. The van der Waals surface area contributed by atoms with Crippen molar-refractivity contribution in [2.24, 2.45) is 0 Å². The number of hydrogen-bond acceptors (Lipinski definition) is 3. The van der Waals surface area contributed by atoms with Gasteiger partial charge in [0, 0.05) is 12.9 Å². The summed E-state index contributed by atoms with van der Waals surface area (Å²) in [6.45, 7) is 1.34. The van der Waals surface area contributed by atoms with Crippen molar-refractivity contribution in [3.8, 4) is 5.75 Å². The maximum absolute atomic E-state index is 10.6. The van der Waals surface area contributed by atoms with Gasteiger partial charge in [0.2, 0.25) is 0 Å². The Balaban J connectivity index is 0.00000139. The van der Waals surface area contributed by atoms with Gasteiger partial charge in [-0.1, -0.05) is 42.5 Å². The van der Waals surface area contributed by atoms with Crippen LogP contribution in [0.4, 0.5) is 0 Å². The number of aliphatic carboxylic acids is 1. The van der Waals surface area contributed by atoms with Gasteiger partial charge in [0.15, 0.2) is 0 Å². The van der Waals surface area contributed by atoms with Crippen LogP contribution in [0.5, 0.6) is 5.75 Å². The molecule has 24 heavy (non-hydrogen) atoms. The molecule has 0 spiro atoms. The van der Waals surface area contributed by atoms with Crippen LogP contribution >= 0.6 is 11.6 Å². The van der Waals surface area contributed by atoms with Crippen LogP contribution in [0.2, 0.25) is 0 Å². The molecule has 0 unspecified atom stereocenters. The van der Waals surface area contributed by atoms with E-state index in [1.807, 2.05) is 61.6 Å². The first-order valence-corrected chi connectivity index (χ1v) is 8.43. The zero-order valence-corrected chi connectivity index (χ0v) is 14.9. The fourth-order valence-corrected chi connectivity index (χ4v) is 2.12. The molecule has 0 heterocycles. The van der Waals surface area contributed by atoms with Gasteiger partial charge >= 0.3 is 5.97 Å².